The molecule has 2 rings (SSSR count). The van der Waals surface area contributed by atoms with E-state index in [0.29, 0.717) is 36.4 Å². The van der Waals surface area contributed by atoms with E-state index in [1.165, 1.54) is 6.92 Å². The second-order valence-corrected chi connectivity index (χ2v) is 6.94. The Bertz CT molecular complexity index is 754. The van der Waals surface area contributed by atoms with Crippen LogP contribution in [0.4, 0.5) is 5.69 Å². The molecule has 2 aromatic rings. The standard InChI is InChI=1S/C19H21NO4S/c1-14(21)15-5-9-17(10-6-15)24-13-3-4-19(22)20-16-7-11-18(12-8-16)25(2)23/h5-12H,3-4,13H2,1-2H3,(H,20,22). The summed E-state index contributed by atoms with van der Waals surface area (Å²) in [6.45, 7) is 1.93. The summed E-state index contributed by atoms with van der Waals surface area (Å²) < 4.78 is 16.9. The SMILES string of the molecule is CC(=O)c1ccc(OCCCC(=O)Nc2ccc(S(C)=O)cc2)cc1. The summed E-state index contributed by atoms with van der Waals surface area (Å²) in [5, 5.41) is 2.80. The van der Waals surface area contributed by atoms with Crippen molar-refractivity contribution in [1.82, 2.24) is 0 Å². The molecule has 5 nitrogen and oxygen atoms in total. The fourth-order valence-corrected chi connectivity index (χ4v) is 2.68. The lowest BCUT2D eigenvalue weighted by atomic mass is 10.1. The summed E-state index contributed by atoms with van der Waals surface area (Å²) in [5.74, 6) is 0.593. The second kappa shape index (κ2) is 9.13. The Balaban J connectivity index is 1.71. The molecule has 0 aliphatic heterocycles. The maximum absolute atomic E-state index is 11.9. The van der Waals surface area contributed by atoms with Crippen LogP contribution in [0.15, 0.2) is 53.4 Å². The predicted octanol–water partition coefficient (Wildman–Crippen LogP) is 3.42. The highest BCUT2D eigenvalue weighted by atomic mass is 32.2. The lowest BCUT2D eigenvalue weighted by molar-refractivity contribution is -0.116. The lowest BCUT2D eigenvalue weighted by Gasteiger charge is -2.08. The Kier molecular flexibility index (Phi) is 6.89. The smallest absolute Gasteiger partial charge is 0.224 e. The minimum Gasteiger partial charge on any atom is -0.494 e. The Morgan fingerprint density at radius 2 is 1.68 bits per heavy atom. The maximum atomic E-state index is 11.9. The van der Waals surface area contributed by atoms with Crippen LogP contribution in [0.25, 0.3) is 0 Å². The zero-order valence-electron chi connectivity index (χ0n) is 14.3. The normalized spacial score (nSPS) is 11.6. The molecule has 0 aliphatic carbocycles. The van der Waals surface area contributed by atoms with Crippen LogP contribution in [-0.2, 0) is 15.6 Å². The Morgan fingerprint density at radius 1 is 1.04 bits per heavy atom. The highest BCUT2D eigenvalue weighted by Gasteiger charge is 2.04. The largest absolute Gasteiger partial charge is 0.494 e. The number of benzene rings is 2. The maximum Gasteiger partial charge on any atom is 0.224 e. The lowest BCUT2D eigenvalue weighted by Crippen LogP contribution is -2.12. The number of anilines is 1. The number of carbonyl (C=O) groups is 2. The fraction of sp³-hybridized carbons (Fsp3) is 0.263. The molecule has 1 atom stereocenters. The van der Waals surface area contributed by atoms with Gasteiger partial charge in [-0.3, -0.25) is 13.8 Å². The first-order chi connectivity index (χ1) is 12.0. The molecule has 0 aliphatic rings. The molecular formula is C19H21NO4S. The number of hydrogen-bond donors (Lipinski definition) is 1. The third-order valence-electron chi connectivity index (χ3n) is 3.55. The van der Waals surface area contributed by atoms with Crippen LogP contribution >= 0.6 is 0 Å². The van der Waals surface area contributed by atoms with E-state index in [2.05, 4.69) is 5.32 Å². The van der Waals surface area contributed by atoms with Gasteiger partial charge in [-0.1, -0.05) is 0 Å². The number of rotatable bonds is 8. The Labute approximate surface area is 149 Å². The van der Waals surface area contributed by atoms with Crippen molar-refractivity contribution in [1.29, 1.82) is 0 Å². The van der Waals surface area contributed by atoms with Crippen molar-refractivity contribution in [2.75, 3.05) is 18.2 Å². The molecule has 0 bridgehead atoms. The van der Waals surface area contributed by atoms with Gasteiger partial charge in [0, 0.05) is 39.6 Å². The molecule has 1 unspecified atom stereocenters. The van der Waals surface area contributed by atoms with Gasteiger partial charge in [-0.05, 0) is 61.9 Å². The Morgan fingerprint density at radius 3 is 2.24 bits per heavy atom. The first-order valence-electron chi connectivity index (χ1n) is 7.93. The van der Waals surface area contributed by atoms with Crippen molar-refractivity contribution in [2.45, 2.75) is 24.7 Å². The number of carbonyl (C=O) groups excluding carboxylic acids is 2. The zero-order valence-corrected chi connectivity index (χ0v) is 15.1. The molecule has 0 saturated heterocycles. The van der Waals surface area contributed by atoms with E-state index in [4.69, 9.17) is 4.74 Å². The van der Waals surface area contributed by atoms with Gasteiger partial charge in [-0.2, -0.15) is 0 Å². The summed E-state index contributed by atoms with van der Waals surface area (Å²) in [5.41, 5.74) is 1.32. The molecule has 0 fully saturated rings. The molecule has 6 heteroatoms. The molecule has 0 spiro atoms. The van der Waals surface area contributed by atoms with E-state index >= 15 is 0 Å². The summed E-state index contributed by atoms with van der Waals surface area (Å²) in [4.78, 5) is 23.8. The van der Waals surface area contributed by atoms with E-state index in [1.807, 2.05) is 0 Å². The van der Waals surface area contributed by atoms with Crippen molar-refractivity contribution < 1.29 is 18.5 Å². The molecule has 2 aromatic carbocycles. The van der Waals surface area contributed by atoms with Crippen molar-refractivity contribution in [2.24, 2.45) is 0 Å². The van der Waals surface area contributed by atoms with Crippen LogP contribution in [0.1, 0.15) is 30.1 Å². The topological polar surface area (TPSA) is 72.5 Å². The first kappa shape index (κ1) is 18.9. The van der Waals surface area contributed by atoms with Gasteiger partial charge in [0.15, 0.2) is 5.78 Å². The number of Topliss-reactive ketones (excluding diaryl/α,β-unsaturated/α-hetero) is 1. The predicted molar refractivity (Wildman–Crippen MR) is 98.6 cm³/mol. The molecule has 1 amide bonds. The molecular weight excluding hydrogens is 338 g/mol. The summed E-state index contributed by atoms with van der Waals surface area (Å²) in [6, 6.07) is 13.9. The highest BCUT2D eigenvalue weighted by Crippen LogP contribution is 2.14. The van der Waals surface area contributed by atoms with E-state index in [9.17, 15) is 13.8 Å². The van der Waals surface area contributed by atoms with Crippen LogP contribution in [0, 0.1) is 0 Å². The third kappa shape index (κ3) is 6.15. The van der Waals surface area contributed by atoms with Gasteiger partial charge >= 0.3 is 0 Å². The monoisotopic (exact) mass is 359 g/mol. The van der Waals surface area contributed by atoms with Gasteiger partial charge < -0.3 is 10.1 Å². The van der Waals surface area contributed by atoms with E-state index in [1.54, 1.807) is 54.8 Å². The quantitative estimate of drug-likeness (QED) is 0.579. The van der Waals surface area contributed by atoms with Gasteiger partial charge in [0.25, 0.3) is 0 Å². The molecule has 132 valence electrons. The Hall–Kier alpha value is -2.47. The van der Waals surface area contributed by atoms with Crippen molar-refractivity contribution in [3.05, 3.63) is 54.1 Å². The number of amides is 1. The molecule has 0 aromatic heterocycles. The summed E-state index contributed by atoms with van der Waals surface area (Å²) in [7, 11) is -1.03. The number of ketones is 1. The van der Waals surface area contributed by atoms with Gasteiger partial charge in [-0.15, -0.1) is 0 Å². The van der Waals surface area contributed by atoms with Gasteiger partial charge in [0.05, 0.1) is 6.61 Å². The first-order valence-corrected chi connectivity index (χ1v) is 9.48. The molecule has 25 heavy (non-hydrogen) atoms. The van der Waals surface area contributed by atoms with E-state index < -0.39 is 10.8 Å². The van der Waals surface area contributed by atoms with Gasteiger partial charge in [0.2, 0.25) is 5.91 Å². The molecule has 0 heterocycles. The average molecular weight is 359 g/mol. The zero-order chi connectivity index (χ0) is 18.2. The van der Waals surface area contributed by atoms with Crippen molar-refractivity contribution in [3.8, 4) is 5.75 Å². The van der Waals surface area contributed by atoms with E-state index in [0.717, 1.165) is 4.90 Å². The van der Waals surface area contributed by atoms with Crippen LogP contribution in [0.2, 0.25) is 0 Å². The minimum atomic E-state index is -1.03. The average Bonchev–Trinajstić information content (AvgIpc) is 2.59. The molecule has 0 saturated carbocycles. The van der Waals surface area contributed by atoms with Crippen LogP contribution < -0.4 is 10.1 Å². The van der Waals surface area contributed by atoms with Crippen LogP contribution in [0.5, 0.6) is 5.75 Å². The van der Waals surface area contributed by atoms with Crippen LogP contribution in [0.3, 0.4) is 0 Å². The van der Waals surface area contributed by atoms with Gasteiger partial charge in [-0.25, -0.2) is 0 Å². The second-order valence-electron chi connectivity index (χ2n) is 5.56. The molecule has 1 N–H and O–H groups in total. The van der Waals surface area contributed by atoms with Crippen molar-refractivity contribution >= 4 is 28.2 Å². The van der Waals surface area contributed by atoms with Crippen LogP contribution in [-0.4, -0.2) is 28.8 Å². The number of hydrogen-bond acceptors (Lipinski definition) is 4. The summed E-state index contributed by atoms with van der Waals surface area (Å²) in [6.07, 6.45) is 2.53. The van der Waals surface area contributed by atoms with Gasteiger partial charge in [0.1, 0.15) is 5.75 Å². The summed E-state index contributed by atoms with van der Waals surface area (Å²) >= 11 is 0. The fourth-order valence-electron chi connectivity index (χ4n) is 2.16. The highest BCUT2D eigenvalue weighted by molar-refractivity contribution is 7.84. The third-order valence-corrected chi connectivity index (χ3v) is 4.48. The molecule has 0 radical (unpaired) electrons. The van der Waals surface area contributed by atoms with E-state index in [-0.39, 0.29) is 11.7 Å². The minimum absolute atomic E-state index is 0.0152. The number of ether oxygens (including phenoxy) is 1. The number of nitrogens with one attached hydrogen (secondary N) is 1. The van der Waals surface area contributed by atoms with Crippen molar-refractivity contribution in [3.63, 3.8) is 0 Å².